The molecule has 128 valence electrons. The lowest BCUT2D eigenvalue weighted by Crippen LogP contribution is -2.12. The zero-order chi connectivity index (χ0) is 18.9. The molecule has 0 unspecified atom stereocenters. The van der Waals surface area contributed by atoms with Crippen molar-refractivity contribution >= 4 is 29.6 Å². The smallest absolute Gasteiger partial charge is 0.338 e. The minimum absolute atomic E-state index is 0.0711. The Hall–Kier alpha value is -3.88. The largest absolute Gasteiger partial charge is 0.478 e. The molecule has 6 N–H and O–H groups in total. The van der Waals surface area contributed by atoms with E-state index in [4.69, 9.17) is 21.1 Å². The molecule has 0 aromatic heterocycles. The van der Waals surface area contributed by atoms with Crippen LogP contribution in [0.3, 0.4) is 0 Å². The fraction of sp³-hybridized carbons (Fsp3) is 0. The molecule has 9 nitrogen and oxygen atoms in total. The van der Waals surface area contributed by atoms with Gasteiger partial charge >= 0.3 is 23.9 Å². The normalized spacial score (nSPS) is 10.2. The molecule has 0 bridgehead atoms. The molecule has 0 aliphatic carbocycles. The Bertz CT molecular complexity index is 932. The number of rotatable bonds is 5. The van der Waals surface area contributed by atoms with Crippen LogP contribution in [0.25, 0.3) is 11.1 Å². The van der Waals surface area contributed by atoms with Gasteiger partial charge in [0.2, 0.25) is 0 Å². The number of carboxylic acid groups (broad SMARTS) is 4. The van der Waals surface area contributed by atoms with E-state index in [1.165, 1.54) is 12.1 Å². The van der Waals surface area contributed by atoms with E-state index in [9.17, 15) is 24.3 Å². The number of hydrogen-bond donors (Lipinski definition) is 5. The highest BCUT2D eigenvalue weighted by Gasteiger charge is 2.23. The molecule has 0 saturated carbocycles. The Labute approximate surface area is 139 Å². The van der Waals surface area contributed by atoms with Gasteiger partial charge < -0.3 is 26.2 Å². The minimum atomic E-state index is -1.56. The molecule has 0 aliphatic rings. The molecular weight excluding hydrogens is 334 g/mol. The first kappa shape index (κ1) is 17.5. The molecule has 0 fully saturated rings. The molecule has 0 amide bonds. The van der Waals surface area contributed by atoms with Gasteiger partial charge in [0.05, 0.1) is 27.9 Å². The number of aromatic carboxylic acids is 4. The third kappa shape index (κ3) is 3.11. The molecule has 0 aliphatic heterocycles. The summed E-state index contributed by atoms with van der Waals surface area (Å²) in [7, 11) is 0. The lowest BCUT2D eigenvalue weighted by atomic mass is 9.94. The molecule has 25 heavy (non-hydrogen) atoms. The summed E-state index contributed by atoms with van der Waals surface area (Å²) in [5.74, 6) is -5.97. The number of benzene rings is 2. The van der Waals surface area contributed by atoms with Crippen LogP contribution in [0, 0.1) is 0 Å². The fourth-order valence-electron chi connectivity index (χ4n) is 2.36. The van der Waals surface area contributed by atoms with Gasteiger partial charge in [0, 0.05) is 5.56 Å². The van der Waals surface area contributed by atoms with Gasteiger partial charge in [0.15, 0.2) is 0 Å². The third-order valence-corrected chi connectivity index (χ3v) is 3.48. The van der Waals surface area contributed by atoms with E-state index in [1.807, 2.05) is 0 Å². The van der Waals surface area contributed by atoms with E-state index in [2.05, 4.69) is 0 Å². The Balaban J connectivity index is 2.75. The Kier molecular flexibility index (Phi) is 4.42. The quantitative estimate of drug-likeness (QED) is 0.505. The predicted octanol–water partition coefficient (Wildman–Crippen LogP) is 1.73. The minimum Gasteiger partial charge on any atom is -0.478 e. The van der Waals surface area contributed by atoms with Crippen LogP contribution in [0.4, 0.5) is 5.69 Å². The van der Waals surface area contributed by atoms with Crippen molar-refractivity contribution in [1.82, 2.24) is 0 Å². The van der Waals surface area contributed by atoms with Crippen LogP contribution in [0.5, 0.6) is 0 Å². The maximum atomic E-state index is 11.3. The summed E-state index contributed by atoms with van der Waals surface area (Å²) in [4.78, 5) is 44.8. The average molecular weight is 345 g/mol. The lowest BCUT2D eigenvalue weighted by molar-refractivity contribution is 0.0651. The van der Waals surface area contributed by atoms with Gasteiger partial charge in [-0.05, 0) is 23.8 Å². The zero-order valence-electron chi connectivity index (χ0n) is 12.4. The molecule has 0 radical (unpaired) electrons. The molecule has 0 saturated heterocycles. The standard InChI is InChI=1S/C16H11NO8/c17-12-7(3-4-9(14(20)21)11(12)16(24)25)6-1-2-8(13(18)19)10(5-6)15(22)23/h1-5H,17H2,(H,18,19)(H,20,21)(H,22,23)(H,24,25). The van der Waals surface area contributed by atoms with Crippen molar-refractivity contribution in [3.05, 3.63) is 52.6 Å². The topological polar surface area (TPSA) is 175 Å². The second-order valence-electron chi connectivity index (χ2n) is 4.93. The first-order valence-corrected chi connectivity index (χ1v) is 6.65. The first-order valence-electron chi connectivity index (χ1n) is 6.65. The van der Waals surface area contributed by atoms with E-state index in [-0.39, 0.29) is 16.8 Å². The van der Waals surface area contributed by atoms with Crippen molar-refractivity contribution in [2.24, 2.45) is 0 Å². The molecule has 0 spiro atoms. The molecule has 0 heterocycles. The number of carbonyl (C=O) groups is 4. The van der Waals surface area contributed by atoms with Gasteiger partial charge in [-0.2, -0.15) is 0 Å². The molecule has 9 heteroatoms. The van der Waals surface area contributed by atoms with Crippen molar-refractivity contribution in [1.29, 1.82) is 0 Å². The Morgan fingerprint density at radius 2 is 1.20 bits per heavy atom. The van der Waals surface area contributed by atoms with Crippen LogP contribution < -0.4 is 5.73 Å². The number of carboxylic acids is 4. The van der Waals surface area contributed by atoms with Gasteiger partial charge in [-0.25, -0.2) is 19.2 Å². The van der Waals surface area contributed by atoms with E-state index in [1.54, 1.807) is 0 Å². The van der Waals surface area contributed by atoms with Crippen molar-refractivity contribution in [3.8, 4) is 11.1 Å². The summed E-state index contributed by atoms with van der Waals surface area (Å²) in [6.45, 7) is 0. The summed E-state index contributed by atoms with van der Waals surface area (Å²) in [5, 5.41) is 36.4. The second kappa shape index (κ2) is 6.32. The van der Waals surface area contributed by atoms with Gasteiger partial charge in [0.25, 0.3) is 0 Å². The van der Waals surface area contributed by atoms with Crippen LogP contribution in [0.1, 0.15) is 41.4 Å². The summed E-state index contributed by atoms with van der Waals surface area (Å²) in [6.07, 6.45) is 0. The van der Waals surface area contributed by atoms with Crippen LogP contribution in [-0.4, -0.2) is 44.3 Å². The second-order valence-corrected chi connectivity index (χ2v) is 4.93. The van der Waals surface area contributed by atoms with Crippen molar-refractivity contribution < 1.29 is 39.6 Å². The number of nitrogen functional groups attached to an aromatic ring is 1. The molecular formula is C16H11NO8. The van der Waals surface area contributed by atoms with Crippen molar-refractivity contribution in [2.45, 2.75) is 0 Å². The number of hydrogen-bond acceptors (Lipinski definition) is 5. The highest BCUT2D eigenvalue weighted by molar-refractivity contribution is 6.09. The monoisotopic (exact) mass is 345 g/mol. The van der Waals surface area contributed by atoms with Crippen molar-refractivity contribution in [2.75, 3.05) is 5.73 Å². The molecule has 0 atom stereocenters. The Morgan fingerprint density at radius 1 is 0.680 bits per heavy atom. The summed E-state index contributed by atoms with van der Waals surface area (Å²) in [5.41, 5.74) is 3.50. The Morgan fingerprint density at radius 3 is 1.68 bits per heavy atom. The maximum Gasteiger partial charge on any atom is 0.338 e. The summed E-state index contributed by atoms with van der Waals surface area (Å²) >= 11 is 0. The highest BCUT2D eigenvalue weighted by Crippen LogP contribution is 2.32. The van der Waals surface area contributed by atoms with E-state index < -0.39 is 46.1 Å². The maximum absolute atomic E-state index is 11.3. The SMILES string of the molecule is Nc1c(-c2ccc(C(=O)O)c(C(=O)O)c2)ccc(C(=O)O)c1C(=O)O. The van der Waals surface area contributed by atoms with Gasteiger partial charge in [0.1, 0.15) is 0 Å². The van der Waals surface area contributed by atoms with Crippen LogP contribution in [-0.2, 0) is 0 Å². The number of anilines is 1. The van der Waals surface area contributed by atoms with Crippen molar-refractivity contribution in [3.63, 3.8) is 0 Å². The van der Waals surface area contributed by atoms with Crippen LogP contribution >= 0.6 is 0 Å². The van der Waals surface area contributed by atoms with Gasteiger partial charge in [-0.15, -0.1) is 0 Å². The highest BCUT2D eigenvalue weighted by atomic mass is 16.4. The van der Waals surface area contributed by atoms with E-state index >= 15 is 0 Å². The first-order chi connectivity index (χ1) is 11.6. The molecule has 2 rings (SSSR count). The average Bonchev–Trinajstić information content (AvgIpc) is 2.53. The van der Waals surface area contributed by atoms with Gasteiger partial charge in [-0.1, -0.05) is 12.1 Å². The lowest BCUT2D eigenvalue weighted by Gasteiger charge is -2.12. The van der Waals surface area contributed by atoms with Crippen LogP contribution in [0.15, 0.2) is 30.3 Å². The summed E-state index contributed by atoms with van der Waals surface area (Å²) in [6, 6.07) is 5.60. The predicted molar refractivity (Wildman–Crippen MR) is 84.1 cm³/mol. The van der Waals surface area contributed by atoms with E-state index in [0.717, 1.165) is 18.2 Å². The van der Waals surface area contributed by atoms with E-state index in [0.29, 0.717) is 0 Å². The van der Waals surface area contributed by atoms with Crippen LogP contribution in [0.2, 0.25) is 0 Å². The zero-order valence-corrected chi connectivity index (χ0v) is 12.4. The number of nitrogens with two attached hydrogens (primary N) is 1. The molecule has 2 aromatic rings. The van der Waals surface area contributed by atoms with Gasteiger partial charge in [-0.3, -0.25) is 0 Å². The fourth-order valence-corrected chi connectivity index (χ4v) is 2.36. The third-order valence-electron chi connectivity index (χ3n) is 3.48. The molecule has 2 aromatic carbocycles. The summed E-state index contributed by atoms with van der Waals surface area (Å²) < 4.78 is 0.